The fraction of sp³-hybridized carbons (Fsp3) is 0.379. The summed E-state index contributed by atoms with van der Waals surface area (Å²) >= 11 is 0. The molecule has 0 aliphatic carbocycles. The summed E-state index contributed by atoms with van der Waals surface area (Å²) in [5, 5.41) is 0. The highest BCUT2D eigenvalue weighted by Gasteiger charge is 2.24. The number of carbonyl (C=O) groups is 2. The fourth-order valence-electron chi connectivity index (χ4n) is 3.56. The monoisotopic (exact) mass is 463 g/mol. The third kappa shape index (κ3) is 8.64. The smallest absolute Gasteiger partial charge is 0.340 e. The first-order chi connectivity index (χ1) is 16.3. The molecule has 0 fully saturated rings. The Bertz CT molecular complexity index is 1000. The van der Waals surface area contributed by atoms with Crippen LogP contribution in [0.4, 0.5) is 5.69 Å². The summed E-state index contributed by atoms with van der Waals surface area (Å²) in [6.45, 7) is 10.8. The van der Waals surface area contributed by atoms with Crippen LogP contribution in [0.2, 0.25) is 0 Å². The minimum Gasteiger partial charge on any atom is -0.462 e. The van der Waals surface area contributed by atoms with Gasteiger partial charge in [0.2, 0.25) is 0 Å². The van der Waals surface area contributed by atoms with E-state index in [4.69, 9.17) is 9.47 Å². The summed E-state index contributed by atoms with van der Waals surface area (Å²) in [6.07, 6.45) is 6.20. The maximum atomic E-state index is 13.3. The van der Waals surface area contributed by atoms with E-state index >= 15 is 0 Å². The first kappa shape index (κ1) is 27.1. The summed E-state index contributed by atoms with van der Waals surface area (Å²) < 4.78 is 11.0. The van der Waals surface area contributed by atoms with Crippen molar-refractivity contribution in [1.29, 1.82) is 0 Å². The number of rotatable bonds is 12. The molecule has 34 heavy (non-hydrogen) atoms. The van der Waals surface area contributed by atoms with Gasteiger partial charge in [0, 0.05) is 0 Å². The number of nitrogens with zero attached hydrogens (tertiary/aromatic N) is 1. The third-order valence-electron chi connectivity index (χ3n) is 5.35. The lowest BCUT2D eigenvalue weighted by Gasteiger charge is -2.26. The molecule has 2 rings (SSSR count). The van der Waals surface area contributed by atoms with Crippen molar-refractivity contribution in [2.75, 3.05) is 24.7 Å². The van der Waals surface area contributed by atoms with E-state index in [-0.39, 0.29) is 19.1 Å². The van der Waals surface area contributed by atoms with Crippen LogP contribution in [0.3, 0.4) is 0 Å². The van der Waals surface area contributed by atoms with Gasteiger partial charge in [0.1, 0.15) is 6.61 Å². The third-order valence-corrected chi connectivity index (χ3v) is 5.35. The second kappa shape index (κ2) is 14.2. The number of hydrogen-bond acceptors (Lipinski definition) is 4. The second-order valence-corrected chi connectivity index (χ2v) is 8.54. The van der Waals surface area contributed by atoms with Gasteiger partial charge in [-0.1, -0.05) is 65.8 Å². The number of anilines is 1. The maximum absolute atomic E-state index is 13.3. The largest absolute Gasteiger partial charge is 0.462 e. The molecule has 0 aliphatic rings. The van der Waals surface area contributed by atoms with Crippen LogP contribution in [0.25, 0.3) is 0 Å². The zero-order valence-electron chi connectivity index (χ0n) is 21.1. The highest BCUT2D eigenvalue weighted by atomic mass is 16.5. The molecule has 0 saturated carbocycles. The van der Waals surface area contributed by atoms with Crippen LogP contribution in [0.15, 0.2) is 71.8 Å². The van der Waals surface area contributed by atoms with Gasteiger partial charge in [-0.3, -0.25) is 4.79 Å². The van der Waals surface area contributed by atoms with E-state index in [0.29, 0.717) is 24.4 Å². The molecule has 0 saturated heterocycles. The zero-order valence-corrected chi connectivity index (χ0v) is 21.1. The molecule has 1 amide bonds. The van der Waals surface area contributed by atoms with Crippen LogP contribution >= 0.6 is 0 Å². The van der Waals surface area contributed by atoms with Crippen molar-refractivity contribution in [2.45, 2.75) is 54.0 Å². The van der Waals surface area contributed by atoms with Gasteiger partial charge in [-0.2, -0.15) is 0 Å². The molecular weight excluding hydrogens is 426 g/mol. The van der Waals surface area contributed by atoms with Crippen molar-refractivity contribution in [3.05, 3.63) is 88.5 Å². The van der Waals surface area contributed by atoms with Crippen LogP contribution < -0.4 is 4.90 Å². The molecule has 2 aromatic rings. The number of amides is 1. The van der Waals surface area contributed by atoms with Crippen LogP contribution in [-0.2, 0) is 20.8 Å². The molecule has 0 heterocycles. The van der Waals surface area contributed by atoms with Crippen LogP contribution in [0, 0.1) is 6.92 Å². The average molecular weight is 464 g/mol. The Hall–Kier alpha value is -3.18. The number of benzene rings is 2. The lowest BCUT2D eigenvalue weighted by atomic mass is 10.1. The SMILES string of the molecule is CCOC(=O)c1cccc(C)c1N(Cc1ccccc1)C(=O)COCC=C(C)CCC=C(C)C. The maximum Gasteiger partial charge on any atom is 0.340 e. The van der Waals surface area contributed by atoms with Crippen LogP contribution in [0.1, 0.15) is 62.0 Å². The molecule has 5 nitrogen and oxygen atoms in total. The Morgan fingerprint density at radius 1 is 0.971 bits per heavy atom. The molecular formula is C29H37NO4. The predicted octanol–water partition coefficient (Wildman–Crippen LogP) is 6.41. The van der Waals surface area contributed by atoms with Crippen molar-refractivity contribution in [3.8, 4) is 0 Å². The molecule has 2 aromatic carbocycles. The lowest BCUT2D eigenvalue weighted by molar-refractivity contribution is -0.122. The van der Waals surface area contributed by atoms with Crippen LogP contribution in [0.5, 0.6) is 0 Å². The van der Waals surface area contributed by atoms with Crippen molar-refractivity contribution in [3.63, 3.8) is 0 Å². The molecule has 0 radical (unpaired) electrons. The van der Waals surface area contributed by atoms with E-state index in [1.807, 2.05) is 49.4 Å². The Balaban J connectivity index is 2.20. The highest BCUT2D eigenvalue weighted by Crippen LogP contribution is 2.28. The number of para-hydroxylation sites is 1. The topological polar surface area (TPSA) is 55.8 Å². The van der Waals surface area contributed by atoms with Gasteiger partial charge in [-0.25, -0.2) is 4.79 Å². The minimum absolute atomic E-state index is 0.0822. The number of esters is 1. The Labute approximate surface area is 204 Å². The number of ether oxygens (including phenoxy) is 2. The van der Waals surface area contributed by atoms with Gasteiger partial charge in [0.15, 0.2) is 0 Å². The Morgan fingerprint density at radius 3 is 2.38 bits per heavy atom. The van der Waals surface area contributed by atoms with Crippen LogP contribution in [-0.4, -0.2) is 31.7 Å². The molecule has 0 aliphatic heterocycles. The minimum atomic E-state index is -0.442. The molecule has 0 unspecified atom stereocenters. The molecule has 182 valence electrons. The number of allylic oxidation sites excluding steroid dienone is 3. The van der Waals surface area contributed by atoms with Crippen molar-refractivity contribution in [2.24, 2.45) is 0 Å². The standard InChI is InChI=1S/C29H37NO4/c1-6-34-29(32)26-17-11-14-24(5)28(26)30(20-25-15-8-7-9-16-25)27(31)21-33-19-18-23(4)13-10-12-22(2)3/h7-9,11-12,14-18H,6,10,13,19-21H2,1-5H3. The van der Waals surface area contributed by atoms with Gasteiger partial charge >= 0.3 is 5.97 Å². The summed E-state index contributed by atoms with van der Waals surface area (Å²) in [4.78, 5) is 27.6. The Kier molecular flexibility index (Phi) is 11.3. The normalized spacial score (nSPS) is 11.1. The van der Waals surface area contributed by atoms with E-state index in [1.54, 1.807) is 24.0 Å². The van der Waals surface area contributed by atoms with Gasteiger partial charge in [-0.05, 0) is 64.7 Å². The van der Waals surface area contributed by atoms with E-state index in [0.717, 1.165) is 24.0 Å². The fourth-order valence-corrected chi connectivity index (χ4v) is 3.56. The average Bonchev–Trinajstić information content (AvgIpc) is 2.81. The van der Waals surface area contributed by atoms with Crippen molar-refractivity contribution in [1.82, 2.24) is 0 Å². The number of aryl methyl sites for hydroxylation is 1. The molecule has 0 atom stereocenters. The molecule has 0 aromatic heterocycles. The predicted molar refractivity (Wildman–Crippen MR) is 138 cm³/mol. The molecule has 5 heteroatoms. The second-order valence-electron chi connectivity index (χ2n) is 8.54. The first-order valence-corrected chi connectivity index (χ1v) is 11.8. The van der Waals surface area contributed by atoms with Gasteiger partial charge in [-0.15, -0.1) is 0 Å². The van der Waals surface area contributed by atoms with Crippen molar-refractivity contribution >= 4 is 17.6 Å². The number of carbonyl (C=O) groups excluding carboxylic acids is 2. The van der Waals surface area contributed by atoms with Gasteiger partial charge in [0.05, 0.1) is 31.0 Å². The number of hydrogen-bond donors (Lipinski definition) is 0. The van der Waals surface area contributed by atoms with E-state index < -0.39 is 5.97 Å². The quantitative estimate of drug-likeness (QED) is 0.207. The van der Waals surface area contributed by atoms with Gasteiger partial charge < -0.3 is 14.4 Å². The first-order valence-electron chi connectivity index (χ1n) is 11.8. The highest BCUT2D eigenvalue weighted by molar-refractivity contribution is 6.03. The van der Waals surface area contributed by atoms with E-state index in [9.17, 15) is 9.59 Å². The lowest BCUT2D eigenvalue weighted by Crippen LogP contribution is -2.35. The summed E-state index contributed by atoms with van der Waals surface area (Å²) in [6, 6.07) is 15.1. The van der Waals surface area contributed by atoms with E-state index in [2.05, 4.69) is 26.8 Å². The van der Waals surface area contributed by atoms with E-state index in [1.165, 1.54) is 11.1 Å². The molecule has 0 bridgehead atoms. The Morgan fingerprint density at radius 2 is 1.71 bits per heavy atom. The summed E-state index contributed by atoms with van der Waals surface area (Å²) in [5.74, 6) is -0.651. The molecule has 0 spiro atoms. The summed E-state index contributed by atoms with van der Waals surface area (Å²) in [7, 11) is 0. The van der Waals surface area contributed by atoms with Gasteiger partial charge in [0.25, 0.3) is 5.91 Å². The zero-order chi connectivity index (χ0) is 24.9. The molecule has 0 N–H and O–H groups in total. The van der Waals surface area contributed by atoms with Crippen molar-refractivity contribution < 1.29 is 19.1 Å². The summed E-state index contributed by atoms with van der Waals surface area (Å²) in [5.41, 5.74) is 5.27.